The second-order valence-corrected chi connectivity index (χ2v) is 8.73. The van der Waals surface area contributed by atoms with Gasteiger partial charge in [0.15, 0.2) is 0 Å². The molecular weight excluding hydrogens is 370 g/mol. The van der Waals surface area contributed by atoms with E-state index in [0.717, 1.165) is 5.75 Å². The Kier molecular flexibility index (Phi) is 7.68. The third-order valence-corrected chi connectivity index (χ3v) is 6.18. The summed E-state index contributed by atoms with van der Waals surface area (Å²) in [5.41, 5.74) is 3.54. The highest BCUT2D eigenvalue weighted by molar-refractivity contribution is 7.98. The first-order chi connectivity index (χ1) is 12.4. The fourth-order valence-electron chi connectivity index (χ4n) is 2.35. The van der Waals surface area contributed by atoms with Gasteiger partial charge in [-0.1, -0.05) is 36.4 Å². The zero-order valence-electron chi connectivity index (χ0n) is 14.9. The van der Waals surface area contributed by atoms with E-state index in [1.165, 1.54) is 18.2 Å². The first kappa shape index (κ1) is 20.5. The minimum absolute atomic E-state index is 0.114. The molecule has 0 bridgehead atoms. The van der Waals surface area contributed by atoms with Crippen LogP contribution in [0.2, 0.25) is 0 Å². The zero-order chi connectivity index (χ0) is 19.0. The van der Waals surface area contributed by atoms with E-state index >= 15 is 0 Å². The molecule has 7 heteroatoms. The summed E-state index contributed by atoms with van der Waals surface area (Å²) < 4.78 is 31.5. The standard InChI is InChI=1S/C19H23NO4S2/c1-15-5-3-4-6-18(15)13-25-12-11-20-26(22,23)14-16-7-9-17(10-8-16)19(21)24-2/h3-10,20H,11-14H2,1-2H3. The van der Waals surface area contributed by atoms with Crippen molar-refractivity contribution in [3.8, 4) is 0 Å². The Morgan fingerprint density at radius 3 is 2.46 bits per heavy atom. The van der Waals surface area contributed by atoms with Crippen LogP contribution >= 0.6 is 11.8 Å². The summed E-state index contributed by atoms with van der Waals surface area (Å²) in [5, 5.41) is 0. The normalized spacial score (nSPS) is 11.3. The van der Waals surface area contributed by atoms with E-state index in [4.69, 9.17) is 0 Å². The molecule has 2 rings (SSSR count). The Morgan fingerprint density at radius 1 is 1.12 bits per heavy atom. The highest BCUT2D eigenvalue weighted by Gasteiger charge is 2.12. The van der Waals surface area contributed by atoms with Crippen molar-refractivity contribution in [3.63, 3.8) is 0 Å². The zero-order valence-corrected chi connectivity index (χ0v) is 16.5. The summed E-state index contributed by atoms with van der Waals surface area (Å²) in [7, 11) is -2.10. The van der Waals surface area contributed by atoms with Crippen molar-refractivity contribution in [1.29, 1.82) is 0 Å². The first-order valence-electron chi connectivity index (χ1n) is 8.18. The number of sulfonamides is 1. The SMILES string of the molecule is COC(=O)c1ccc(CS(=O)(=O)NCCSCc2ccccc2C)cc1. The average Bonchev–Trinajstić information content (AvgIpc) is 2.62. The molecule has 140 valence electrons. The van der Waals surface area contributed by atoms with Crippen molar-refractivity contribution in [3.05, 3.63) is 70.8 Å². The topological polar surface area (TPSA) is 72.5 Å². The molecule has 0 radical (unpaired) electrons. The predicted molar refractivity (Wildman–Crippen MR) is 106 cm³/mol. The molecule has 0 saturated heterocycles. The number of hydrogen-bond acceptors (Lipinski definition) is 5. The van der Waals surface area contributed by atoms with Gasteiger partial charge in [-0.15, -0.1) is 0 Å². The molecule has 0 aliphatic carbocycles. The molecule has 0 spiro atoms. The molecule has 5 nitrogen and oxygen atoms in total. The van der Waals surface area contributed by atoms with Gasteiger partial charge in [-0.25, -0.2) is 17.9 Å². The third kappa shape index (κ3) is 6.48. The number of carbonyl (C=O) groups is 1. The lowest BCUT2D eigenvalue weighted by molar-refractivity contribution is 0.0600. The number of nitrogens with one attached hydrogen (secondary N) is 1. The molecule has 2 aromatic carbocycles. The molecule has 2 aromatic rings. The average molecular weight is 394 g/mol. The van der Waals surface area contributed by atoms with Crippen LogP contribution < -0.4 is 4.72 Å². The van der Waals surface area contributed by atoms with Crippen molar-refractivity contribution in [2.75, 3.05) is 19.4 Å². The molecule has 0 aromatic heterocycles. The lowest BCUT2D eigenvalue weighted by Gasteiger charge is -2.08. The van der Waals surface area contributed by atoms with Crippen LogP contribution in [0.15, 0.2) is 48.5 Å². The van der Waals surface area contributed by atoms with Gasteiger partial charge in [-0.2, -0.15) is 11.8 Å². The Balaban J connectivity index is 1.76. The second kappa shape index (κ2) is 9.75. The molecule has 1 N–H and O–H groups in total. The van der Waals surface area contributed by atoms with E-state index in [9.17, 15) is 13.2 Å². The summed E-state index contributed by atoms with van der Waals surface area (Å²) >= 11 is 1.70. The van der Waals surface area contributed by atoms with Crippen LogP contribution in [0.4, 0.5) is 0 Å². The van der Waals surface area contributed by atoms with Gasteiger partial charge in [-0.05, 0) is 35.7 Å². The molecular formula is C19H23NO4S2. The van der Waals surface area contributed by atoms with Crippen molar-refractivity contribution >= 4 is 27.8 Å². The van der Waals surface area contributed by atoms with Crippen LogP contribution in [-0.4, -0.2) is 33.8 Å². The minimum Gasteiger partial charge on any atom is -0.465 e. The predicted octanol–water partition coefficient (Wildman–Crippen LogP) is 3.13. The minimum atomic E-state index is -3.41. The Bertz CT molecular complexity index is 833. The third-order valence-electron chi connectivity index (χ3n) is 3.82. The Labute approximate surface area is 159 Å². The van der Waals surface area contributed by atoms with Crippen molar-refractivity contribution in [1.82, 2.24) is 4.72 Å². The van der Waals surface area contributed by atoms with Crippen LogP contribution in [-0.2, 0) is 26.3 Å². The van der Waals surface area contributed by atoms with Crippen LogP contribution in [0.5, 0.6) is 0 Å². The maximum atomic E-state index is 12.2. The summed E-state index contributed by atoms with van der Waals surface area (Å²) in [5.74, 6) is 1.01. The van der Waals surface area contributed by atoms with E-state index in [1.54, 1.807) is 36.0 Å². The van der Waals surface area contributed by atoms with Gasteiger partial charge in [0.1, 0.15) is 0 Å². The summed E-state index contributed by atoms with van der Waals surface area (Å²) in [6.45, 7) is 2.46. The fourth-order valence-corrected chi connectivity index (χ4v) is 4.56. The van der Waals surface area contributed by atoms with E-state index in [1.807, 2.05) is 12.1 Å². The number of thioether (sulfide) groups is 1. The quantitative estimate of drug-likeness (QED) is 0.523. The highest BCUT2D eigenvalue weighted by Crippen LogP contribution is 2.15. The van der Waals surface area contributed by atoms with E-state index in [2.05, 4.69) is 28.5 Å². The number of benzene rings is 2. The number of rotatable bonds is 9. The molecule has 0 saturated carbocycles. The smallest absolute Gasteiger partial charge is 0.337 e. The summed E-state index contributed by atoms with van der Waals surface area (Å²) in [6.07, 6.45) is 0. The van der Waals surface area contributed by atoms with Crippen LogP contribution in [0, 0.1) is 6.92 Å². The number of carbonyl (C=O) groups excluding carboxylic acids is 1. The molecule has 0 aliphatic heterocycles. The van der Waals surface area contributed by atoms with Crippen molar-refractivity contribution in [2.45, 2.75) is 18.4 Å². The second-order valence-electron chi connectivity index (χ2n) is 5.82. The van der Waals surface area contributed by atoms with Gasteiger partial charge >= 0.3 is 5.97 Å². The first-order valence-corrected chi connectivity index (χ1v) is 11.0. The fraction of sp³-hybridized carbons (Fsp3) is 0.316. The monoisotopic (exact) mass is 393 g/mol. The molecule has 0 heterocycles. The summed E-state index contributed by atoms with van der Waals surface area (Å²) in [6, 6.07) is 14.6. The molecule has 0 unspecified atom stereocenters. The van der Waals surface area contributed by atoms with Gasteiger partial charge in [0.05, 0.1) is 18.4 Å². The lowest BCUT2D eigenvalue weighted by Crippen LogP contribution is -2.27. The van der Waals surface area contributed by atoms with Crippen molar-refractivity contribution < 1.29 is 17.9 Å². The summed E-state index contributed by atoms with van der Waals surface area (Å²) in [4.78, 5) is 11.4. The van der Waals surface area contributed by atoms with Gasteiger partial charge < -0.3 is 4.74 Å². The largest absolute Gasteiger partial charge is 0.465 e. The molecule has 0 fully saturated rings. The van der Waals surface area contributed by atoms with E-state index in [0.29, 0.717) is 23.4 Å². The Hall–Kier alpha value is -1.83. The van der Waals surface area contributed by atoms with E-state index in [-0.39, 0.29) is 5.75 Å². The maximum Gasteiger partial charge on any atom is 0.337 e. The number of ether oxygens (including phenoxy) is 1. The maximum absolute atomic E-state index is 12.2. The van der Waals surface area contributed by atoms with Gasteiger partial charge in [0.25, 0.3) is 0 Å². The van der Waals surface area contributed by atoms with Gasteiger partial charge in [0.2, 0.25) is 10.0 Å². The van der Waals surface area contributed by atoms with Crippen LogP contribution in [0.25, 0.3) is 0 Å². The lowest BCUT2D eigenvalue weighted by atomic mass is 10.1. The molecule has 0 aliphatic rings. The van der Waals surface area contributed by atoms with Gasteiger partial charge in [0, 0.05) is 18.1 Å². The van der Waals surface area contributed by atoms with Crippen LogP contribution in [0.1, 0.15) is 27.0 Å². The Morgan fingerprint density at radius 2 is 1.81 bits per heavy atom. The number of aryl methyl sites for hydroxylation is 1. The molecule has 0 amide bonds. The van der Waals surface area contributed by atoms with Crippen molar-refractivity contribution in [2.24, 2.45) is 0 Å². The van der Waals surface area contributed by atoms with Crippen LogP contribution in [0.3, 0.4) is 0 Å². The number of methoxy groups -OCH3 is 1. The molecule has 26 heavy (non-hydrogen) atoms. The number of esters is 1. The van der Waals surface area contributed by atoms with E-state index < -0.39 is 16.0 Å². The molecule has 0 atom stereocenters. The van der Waals surface area contributed by atoms with Gasteiger partial charge in [-0.3, -0.25) is 0 Å². The highest BCUT2D eigenvalue weighted by atomic mass is 32.2. The number of hydrogen-bond donors (Lipinski definition) is 1.